The van der Waals surface area contributed by atoms with Gasteiger partial charge in [-0.1, -0.05) is 18.2 Å². The first-order valence-electron chi connectivity index (χ1n) is 7.84. The SMILES string of the molecule is COc1ccc(C(O)C2=CCCCN2C(=O)OC(C)(C)C)cc1. The van der Waals surface area contributed by atoms with Crippen molar-refractivity contribution in [3.8, 4) is 5.75 Å². The number of aliphatic hydroxyl groups excluding tert-OH is 1. The van der Waals surface area contributed by atoms with Crippen molar-refractivity contribution in [1.82, 2.24) is 4.90 Å². The monoisotopic (exact) mass is 319 g/mol. The van der Waals surface area contributed by atoms with Crippen molar-refractivity contribution in [3.63, 3.8) is 0 Å². The number of benzene rings is 1. The first kappa shape index (κ1) is 17.3. The van der Waals surface area contributed by atoms with E-state index in [9.17, 15) is 9.90 Å². The number of ether oxygens (including phenoxy) is 2. The van der Waals surface area contributed by atoms with Crippen molar-refractivity contribution in [2.45, 2.75) is 45.3 Å². The molecule has 1 aliphatic rings. The Kier molecular flexibility index (Phi) is 5.31. The van der Waals surface area contributed by atoms with E-state index in [0.29, 0.717) is 17.8 Å². The number of methoxy groups -OCH3 is 1. The van der Waals surface area contributed by atoms with Gasteiger partial charge in [-0.2, -0.15) is 0 Å². The summed E-state index contributed by atoms with van der Waals surface area (Å²) in [6, 6.07) is 7.18. The molecule has 1 aromatic rings. The molecule has 0 aliphatic carbocycles. The third-order valence-electron chi connectivity index (χ3n) is 3.58. The van der Waals surface area contributed by atoms with Gasteiger partial charge in [-0.05, 0) is 51.3 Å². The molecule has 2 rings (SSSR count). The van der Waals surface area contributed by atoms with Crippen LogP contribution in [0.3, 0.4) is 0 Å². The summed E-state index contributed by atoms with van der Waals surface area (Å²) in [6.07, 6.45) is 2.31. The van der Waals surface area contributed by atoms with Crippen molar-refractivity contribution in [1.29, 1.82) is 0 Å². The lowest BCUT2D eigenvalue weighted by Crippen LogP contribution is -2.39. The van der Waals surface area contributed by atoms with Crippen LogP contribution >= 0.6 is 0 Å². The highest BCUT2D eigenvalue weighted by molar-refractivity contribution is 5.71. The largest absolute Gasteiger partial charge is 0.497 e. The van der Waals surface area contributed by atoms with Crippen molar-refractivity contribution in [3.05, 3.63) is 41.6 Å². The fourth-order valence-electron chi connectivity index (χ4n) is 2.47. The highest BCUT2D eigenvalue weighted by Gasteiger charge is 2.30. The molecule has 5 nitrogen and oxygen atoms in total. The van der Waals surface area contributed by atoms with Crippen LogP contribution in [0.25, 0.3) is 0 Å². The molecule has 1 aliphatic heterocycles. The van der Waals surface area contributed by atoms with Crippen LogP contribution in [0.15, 0.2) is 36.0 Å². The summed E-state index contributed by atoms with van der Waals surface area (Å²) in [5.41, 5.74) is 0.730. The predicted molar refractivity (Wildman–Crippen MR) is 88.2 cm³/mol. The lowest BCUT2D eigenvalue weighted by Gasteiger charge is -2.33. The Bertz CT molecular complexity index is 572. The van der Waals surface area contributed by atoms with Crippen molar-refractivity contribution in [2.24, 2.45) is 0 Å². The van der Waals surface area contributed by atoms with Crippen molar-refractivity contribution in [2.75, 3.05) is 13.7 Å². The van der Waals surface area contributed by atoms with Crippen LogP contribution in [0, 0.1) is 0 Å². The molecule has 1 N–H and O–H groups in total. The molecule has 1 atom stereocenters. The van der Waals surface area contributed by atoms with E-state index in [1.165, 1.54) is 4.90 Å². The number of nitrogens with zero attached hydrogens (tertiary/aromatic N) is 1. The minimum absolute atomic E-state index is 0.420. The van der Waals surface area contributed by atoms with Gasteiger partial charge in [0.1, 0.15) is 17.5 Å². The fraction of sp³-hybridized carbons (Fsp3) is 0.500. The number of hydrogen-bond donors (Lipinski definition) is 1. The van der Waals surface area contributed by atoms with Gasteiger partial charge in [0.05, 0.1) is 12.8 Å². The van der Waals surface area contributed by atoms with E-state index in [-0.39, 0.29) is 0 Å². The molecule has 126 valence electrons. The zero-order chi connectivity index (χ0) is 17.0. The van der Waals surface area contributed by atoms with Crippen LogP contribution < -0.4 is 4.74 Å². The topological polar surface area (TPSA) is 59.0 Å². The van der Waals surface area contributed by atoms with Crippen molar-refractivity contribution >= 4 is 6.09 Å². The molecule has 0 fully saturated rings. The maximum atomic E-state index is 12.4. The zero-order valence-corrected chi connectivity index (χ0v) is 14.2. The summed E-state index contributed by atoms with van der Waals surface area (Å²) < 4.78 is 10.6. The van der Waals surface area contributed by atoms with Crippen LogP contribution in [0.1, 0.15) is 45.3 Å². The Labute approximate surface area is 137 Å². The van der Waals surface area contributed by atoms with Gasteiger partial charge >= 0.3 is 6.09 Å². The Balaban J connectivity index is 2.19. The molecule has 0 saturated carbocycles. The first-order chi connectivity index (χ1) is 10.8. The van der Waals surface area contributed by atoms with E-state index in [4.69, 9.17) is 9.47 Å². The summed E-state index contributed by atoms with van der Waals surface area (Å²) in [6.45, 7) is 6.04. The number of carbonyl (C=O) groups is 1. The molecule has 5 heteroatoms. The second-order valence-corrected chi connectivity index (χ2v) is 6.58. The summed E-state index contributed by atoms with van der Waals surface area (Å²) >= 11 is 0. The maximum Gasteiger partial charge on any atom is 0.414 e. The Morgan fingerprint density at radius 2 is 1.91 bits per heavy atom. The summed E-state index contributed by atoms with van der Waals surface area (Å²) in [5.74, 6) is 0.725. The van der Waals surface area contributed by atoms with Gasteiger partial charge in [-0.25, -0.2) is 4.79 Å². The van der Waals surface area contributed by atoms with E-state index in [1.54, 1.807) is 31.4 Å². The molecule has 1 heterocycles. The molecular weight excluding hydrogens is 294 g/mol. The number of hydrogen-bond acceptors (Lipinski definition) is 4. The van der Waals surface area contributed by atoms with Crippen LogP contribution in [-0.4, -0.2) is 35.4 Å². The highest BCUT2D eigenvalue weighted by Crippen LogP contribution is 2.30. The molecule has 0 bridgehead atoms. The Hall–Kier alpha value is -2.01. The number of aliphatic hydroxyl groups is 1. The van der Waals surface area contributed by atoms with E-state index in [1.807, 2.05) is 26.8 Å². The fourth-order valence-corrected chi connectivity index (χ4v) is 2.47. The third kappa shape index (κ3) is 4.48. The summed E-state index contributed by atoms with van der Waals surface area (Å²) in [5, 5.41) is 10.7. The molecule has 1 unspecified atom stereocenters. The average molecular weight is 319 g/mol. The number of amides is 1. The highest BCUT2D eigenvalue weighted by atomic mass is 16.6. The lowest BCUT2D eigenvalue weighted by atomic mass is 10.0. The molecule has 23 heavy (non-hydrogen) atoms. The zero-order valence-electron chi connectivity index (χ0n) is 14.2. The van der Waals surface area contributed by atoms with Gasteiger partial charge in [-0.15, -0.1) is 0 Å². The average Bonchev–Trinajstić information content (AvgIpc) is 2.52. The minimum Gasteiger partial charge on any atom is -0.497 e. The second-order valence-electron chi connectivity index (χ2n) is 6.58. The van der Waals surface area contributed by atoms with Gasteiger partial charge in [0.15, 0.2) is 0 Å². The van der Waals surface area contributed by atoms with Crippen molar-refractivity contribution < 1.29 is 19.4 Å². The van der Waals surface area contributed by atoms with Gasteiger partial charge in [-0.3, -0.25) is 4.90 Å². The normalized spacial score (nSPS) is 16.6. The molecular formula is C18H25NO4. The van der Waals surface area contributed by atoms with E-state index >= 15 is 0 Å². The minimum atomic E-state index is -0.867. The molecule has 0 saturated heterocycles. The second kappa shape index (κ2) is 7.04. The number of carbonyl (C=O) groups excluding carboxylic acids is 1. The molecule has 0 radical (unpaired) electrons. The van der Waals surface area contributed by atoms with E-state index in [2.05, 4.69) is 0 Å². The Morgan fingerprint density at radius 3 is 2.48 bits per heavy atom. The molecule has 0 aromatic heterocycles. The van der Waals surface area contributed by atoms with Crippen LogP contribution in [0.4, 0.5) is 4.79 Å². The maximum absolute atomic E-state index is 12.4. The number of rotatable bonds is 3. The first-order valence-corrected chi connectivity index (χ1v) is 7.84. The quantitative estimate of drug-likeness (QED) is 0.924. The van der Waals surface area contributed by atoms with Crippen LogP contribution in [0.5, 0.6) is 5.75 Å². The number of allylic oxidation sites excluding steroid dienone is 1. The van der Waals surface area contributed by atoms with Gasteiger partial charge < -0.3 is 14.6 Å². The molecule has 0 spiro atoms. The summed E-state index contributed by atoms with van der Waals surface area (Å²) in [7, 11) is 1.60. The standard InChI is InChI=1S/C18H25NO4/c1-18(2,3)23-17(21)19-12-6-5-7-15(19)16(20)13-8-10-14(22-4)11-9-13/h7-11,16,20H,5-6,12H2,1-4H3. The van der Waals surface area contributed by atoms with Gasteiger partial charge in [0.2, 0.25) is 0 Å². The predicted octanol–water partition coefficient (Wildman–Crippen LogP) is 3.64. The van der Waals surface area contributed by atoms with E-state index < -0.39 is 17.8 Å². The Morgan fingerprint density at radius 1 is 1.26 bits per heavy atom. The van der Waals surface area contributed by atoms with Gasteiger partial charge in [0, 0.05) is 6.54 Å². The smallest absolute Gasteiger partial charge is 0.414 e. The third-order valence-corrected chi connectivity index (χ3v) is 3.58. The lowest BCUT2D eigenvalue weighted by molar-refractivity contribution is 0.0242. The van der Waals surface area contributed by atoms with Crippen LogP contribution in [-0.2, 0) is 4.74 Å². The van der Waals surface area contributed by atoms with Gasteiger partial charge in [0.25, 0.3) is 0 Å². The molecule has 1 amide bonds. The summed E-state index contributed by atoms with van der Waals surface area (Å²) in [4.78, 5) is 13.9. The van der Waals surface area contributed by atoms with Crippen LogP contribution in [0.2, 0.25) is 0 Å². The van der Waals surface area contributed by atoms with E-state index in [0.717, 1.165) is 18.6 Å². The molecule has 1 aromatic carbocycles.